The molecule has 0 fully saturated rings. The second kappa shape index (κ2) is 6.88. The van der Waals surface area contributed by atoms with Gasteiger partial charge in [-0.15, -0.1) is 11.3 Å². The number of amides is 1. The second-order valence-corrected chi connectivity index (χ2v) is 9.36. The molecule has 5 nitrogen and oxygen atoms in total. The number of fused-ring (bicyclic) bond motifs is 1. The van der Waals surface area contributed by atoms with E-state index in [4.69, 9.17) is 0 Å². The first-order valence-corrected chi connectivity index (χ1v) is 9.77. The molecule has 0 aromatic carbocycles. The third-order valence-electron chi connectivity index (χ3n) is 3.57. The average Bonchev–Trinajstić information content (AvgIpc) is 2.69. The molecular formula is C17H25N3O2S2. The number of nitrogens with zero attached hydrogens (tertiary/aromatic N) is 2. The Bertz CT molecular complexity index is 829. The van der Waals surface area contributed by atoms with Crippen LogP contribution in [0.4, 0.5) is 0 Å². The first-order chi connectivity index (χ1) is 11.0. The number of rotatable bonds is 4. The van der Waals surface area contributed by atoms with E-state index in [9.17, 15) is 9.59 Å². The molecule has 0 unspecified atom stereocenters. The van der Waals surface area contributed by atoms with Crippen molar-refractivity contribution in [3.63, 3.8) is 0 Å². The number of hydrogen-bond acceptors (Lipinski definition) is 5. The van der Waals surface area contributed by atoms with Gasteiger partial charge < -0.3 is 5.32 Å². The number of carbonyl (C=O) groups excluding carboxylic acids is 1. The predicted octanol–water partition coefficient (Wildman–Crippen LogP) is 3.66. The number of hydrogen-bond donors (Lipinski definition) is 1. The predicted molar refractivity (Wildman–Crippen MR) is 102 cm³/mol. The normalized spacial score (nSPS) is 12.2. The van der Waals surface area contributed by atoms with Crippen molar-refractivity contribution in [1.82, 2.24) is 14.9 Å². The van der Waals surface area contributed by atoms with Crippen LogP contribution in [0.15, 0.2) is 9.95 Å². The lowest BCUT2D eigenvalue weighted by atomic mass is 10.1. The lowest BCUT2D eigenvalue weighted by Crippen LogP contribution is -2.41. The highest BCUT2D eigenvalue weighted by atomic mass is 32.2. The van der Waals surface area contributed by atoms with Crippen molar-refractivity contribution in [1.29, 1.82) is 0 Å². The molecule has 0 saturated carbocycles. The molecule has 0 atom stereocenters. The molecular weight excluding hydrogens is 342 g/mol. The van der Waals surface area contributed by atoms with Gasteiger partial charge in [-0.2, -0.15) is 0 Å². The van der Waals surface area contributed by atoms with E-state index in [1.165, 1.54) is 23.1 Å². The van der Waals surface area contributed by atoms with Crippen molar-refractivity contribution >= 4 is 39.2 Å². The lowest BCUT2D eigenvalue weighted by Gasteiger charge is -2.20. The van der Waals surface area contributed by atoms with Gasteiger partial charge in [0.1, 0.15) is 4.83 Å². The van der Waals surface area contributed by atoms with Crippen molar-refractivity contribution in [3.05, 3.63) is 20.8 Å². The summed E-state index contributed by atoms with van der Waals surface area (Å²) < 4.78 is 1.69. The summed E-state index contributed by atoms with van der Waals surface area (Å²) in [5.74, 6) is 0.182. The van der Waals surface area contributed by atoms with Crippen molar-refractivity contribution in [3.8, 4) is 0 Å². The van der Waals surface area contributed by atoms with Gasteiger partial charge >= 0.3 is 0 Å². The maximum atomic E-state index is 12.9. The summed E-state index contributed by atoms with van der Waals surface area (Å²) in [5.41, 5.74) is 0.717. The summed E-state index contributed by atoms with van der Waals surface area (Å²) in [6, 6.07) is -0.0119. The van der Waals surface area contributed by atoms with E-state index >= 15 is 0 Å². The van der Waals surface area contributed by atoms with Gasteiger partial charge in [-0.05, 0) is 54.0 Å². The van der Waals surface area contributed by atoms with E-state index in [1.54, 1.807) is 4.57 Å². The fourth-order valence-corrected chi connectivity index (χ4v) is 4.43. The molecule has 2 heterocycles. The zero-order chi connectivity index (χ0) is 18.2. The van der Waals surface area contributed by atoms with Crippen LogP contribution in [0.5, 0.6) is 0 Å². The fourth-order valence-electron chi connectivity index (χ4n) is 2.43. The third-order valence-corrected chi connectivity index (χ3v) is 5.62. The molecule has 0 bridgehead atoms. The average molecular weight is 368 g/mol. The summed E-state index contributed by atoms with van der Waals surface area (Å²) in [4.78, 5) is 31.5. The summed E-state index contributed by atoms with van der Waals surface area (Å²) in [7, 11) is 0. The molecule has 7 heteroatoms. The molecule has 1 N–H and O–H groups in total. The van der Waals surface area contributed by atoms with Crippen molar-refractivity contribution in [2.24, 2.45) is 0 Å². The molecule has 1 amide bonds. The molecule has 2 rings (SSSR count). The van der Waals surface area contributed by atoms with Crippen LogP contribution in [0.3, 0.4) is 0 Å². The van der Waals surface area contributed by atoms with E-state index in [0.29, 0.717) is 10.5 Å². The second-order valence-electron chi connectivity index (χ2n) is 7.21. The highest BCUT2D eigenvalue weighted by Crippen LogP contribution is 2.29. The number of thioether (sulfide) groups is 1. The Morgan fingerprint density at radius 1 is 1.33 bits per heavy atom. The minimum Gasteiger partial charge on any atom is -0.351 e. The molecule has 0 radical (unpaired) electrons. The van der Waals surface area contributed by atoms with Crippen molar-refractivity contribution < 1.29 is 4.79 Å². The van der Waals surface area contributed by atoms with Crippen LogP contribution >= 0.6 is 23.1 Å². The SMILES string of the molecule is Cc1sc2nc(SCC(=O)NC(C)(C)C)n(C(C)C)c(=O)c2c1C. The van der Waals surface area contributed by atoms with Crippen LogP contribution in [0.1, 0.15) is 51.1 Å². The van der Waals surface area contributed by atoms with Gasteiger partial charge in [-0.1, -0.05) is 11.8 Å². The van der Waals surface area contributed by atoms with E-state index < -0.39 is 0 Å². The highest BCUT2D eigenvalue weighted by Gasteiger charge is 2.20. The first kappa shape index (κ1) is 19.0. The van der Waals surface area contributed by atoms with Gasteiger partial charge in [0, 0.05) is 16.5 Å². The zero-order valence-electron chi connectivity index (χ0n) is 15.3. The summed E-state index contributed by atoms with van der Waals surface area (Å²) >= 11 is 2.85. The Labute approximate surface area is 150 Å². The van der Waals surface area contributed by atoms with Gasteiger partial charge in [-0.25, -0.2) is 4.98 Å². The smallest absolute Gasteiger partial charge is 0.263 e. The molecule has 0 aliphatic heterocycles. The third kappa shape index (κ3) is 4.00. The first-order valence-electron chi connectivity index (χ1n) is 7.97. The number of aromatic nitrogens is 2. The number of nitrogens with one attached hydrogen (secondary N) is 1. The van der Waals surface area contributed by atoms with Gasteiger partial charge in [0.05, 0.1) is 11.1 Å². The topological polar surface area (TPSA) is 64.0 Å². The van der Waals surface area contributed by atoms with Gasteiger partial charge in [0.25, 0.3) is 5.56 Å². The van der Waals surface area contributed by atoms with Gasteiger partial charge in [-0.3, -0.25) is 14.2 Å². The Morgan fingerprint density at radius 3 is 2.50 bits per heavy atom. The Kier molecular flexibility index (Phi) is 5.44. The molecule has 132 valence electrons. The largest absolute Gasteiger partial charge is 0.351 e. The zero-order valence-corrected chi connectivity index (χ0v) is 16.9. The summed E-state index contributed by atoms with van der Waals surface area (Å²) in [5, 5.41) is 4.24. The monoisotopic (exact) mass is 367 g/mol. The minimum absolute atomic E-state index is 0.0119. The van der Waals surface area contributed by atoms with Crippen LogP contribution in [0.25, 0.3) is 10.2 Å². The lowest BCUT2D eigenvalue weighted by molar-refractivity contribution is -0.119. The van der Waals surface area contributed by atoms with Crippen molar-refractivity contribution in [2.45, 2.75) is 65.2 Å². The molecule has 2 aromatic rings. The molecule has 24 heavy (non-hydrogen) atoms. The van der Waals surface area contributed by atoms with Crippen LogP contribution in [-0.4, -0.2) is 26.8 Å². The Hall–Kier alpha value is -1.34. The number of carbonyl (C=O) groups is 1. The van der Waals surface area contributed by atoms with Gasteiger partial charge in [0.2, 0.25) is 5.91 Å². The quantitative estimate of drug-likeness (QED) is 0.662. The number of thiophene rings is 1. The highest BCUT2D eigenvalue weighted by molar-refractivity contribution is 7.99. The molecule has 0 saturated heterocycles. The van der Waals surface area contributed by atoms with E-state index in [1.807, 2.05) is 48.5 Å². The van der Waals surface area contributed by atoms with E-state index in [0.717, 1.165) is 15.3 Å². The van der Waals surface area contributed by atoms with Crippen molar-refractivity contribution in [2.75, 3.05) is 5.75 Å². The Morgan fingerprint density at radius 2 is 1.96 bits per heavy atom. The summed E-state index contributed by atoms with van der Waals surface area (Å²) in [6.45, 7) is 13.7. The molecule has 0 spiro atoms. The minimum atomic E-state index is -0.269. The van der Waals surface area contributed by atoms with Crippen LogP contribution in [-0.2, 0) is 4.79 Å². The molecule has 2 aromatic heterocycles. The van der Waals surface area contributed by atoms with Gasteiger partial charge in [0.15, 0.2) is 5.16 Å². The maximum absolute atomic E-state index is 12.9. The summed E-state index contributed by atoms with van der Waals surface area (Å²) in [6.07, 6.45) is 0. The Balaban J connectivity index is 2.41. The van der Waals surface area contributed by atoms with Crippen LogP contribution in [0.2, 0.25) is 0 Å². The van der Waals surface area contributed by atoms with Crippen LogP contribution < -0.4 is 10.9 Å². The maximum Gasteiger partial charge on any atom is 0.263 e. The van der Waals surface area contributed by atoms with E-state index in [2.05, 4.69) is 10.3 Å². The fraction of sp³-hybridized carbons (Fsp3) is 0.588. The van der Waals surface area contributed by atoms with Crippen LogP contribution in [0, 0.1) is 13.8 Å². The molecule has 0 aliphatic carbocycles. The molecule has 0 aliphatic rings. The van der Waals surface area contributed by atoms with E-state index in [-0.39, 0.29) is 28.8 Å². The number of aryl methyl sites for hydroxylation is 2. The standard InChI is InChI=1S/C17H25N3O2S2/c1-9(2)20-15(22)13-10(3)11(4)24-14(13)18-16(20)23-8-12(21)19-17(5,6)7/h9H,8H2,1-7H3,(H,19,21).